The molecule has 0 N–H and O–H groups in total. The van der Waals surface area contributed by atoms with Crippen molar-refractivity contribution >= 4 is 0 Å². The Morgan fingerprint density at radius 2 is 1.33 bits per heavy atom. The number of hydrogen-bond acceptors (Lipinski definition) is 0. The van der Waals surface area contributed by atoms with E-state index in [0.29, 0.717) is 0 Å². The van der Waals surface area contributed by atoms with E-state index in [1.807, 2.05) is 6.92 Å². The lowest BCUT2D eigenvalue weighted by Crippen LogP contribution is -1.80. The SMILES string of the molecule is C=C(C)C=CCC=C(C)CCC=C(C)CCC=C(C)C.[C]. The van der Waals surface area contributed by atoms with Gasteiger partial charge in [-0.05, 0) is 66.7 Å². The molecule has 116 valence electrons. The minimum Gasteiger partial charge on any atom is -0.0961 e. The van der Waals surface area contributed by atoms with Crippen LogP contribution in [-0.2, 0) is 0 Å². The van der Waals surface area contributed by atoms with Crippen LogP contribution < -0.4 is 0 Å². The highest BCUT2D eigenvalue weighted by molar-refractivity contribution is 5.13. The molecule has 0 heteroatoms. The van der Waals surface area contributed by atoms with Gasteiger partial charge in [0.15, 0.2) is 0 Å². The van der Waals surface area contributed by atoms with Gasteiger partial charge in [0.2, 0.25) is 0 Å². The van der Waals surface area contributed by atoms with Gasteiger partial charge in [-0.2, -0.15) is 0 Å². The molecule has 0 saturated heterocycles. The van der Waals surface area contributed by atoms with Gasteiger partial charge in [0, 0.05) is 7.43 Å². The van der Waals surface area contributed by atoms with Crippen molar-refractivity contribution in [2.75, 3.05) is 0 Å². The van der Waals surface area contributed by atoms with Crippen molar-refractivity contribution in [3.05, 3.63) is 66.7 Å². The Kier molecular flexibility index (Phi) is 14.3. The zero-order valence-corrected chi connectivity index (χ0v) is 14.6. The normalized spacial score (nSPS) is 12.2. The average molecular weight is 284 g/mol. The molecular formula is C21H32. The molecular weight excluding hydrogens is 252 g/mol. The van der Waals surface area contributed by atoms with Crippen LogP contribution in [0.3, 0.4) is 0 Å². The predicted molar refractivity (Wildman–Crippen MR) is 97.2 cm³/mol. The van der Waals surface area contributed by atoms with E-state index < -0.39 is 0 Å². The van der Waals surface area contributed by atoms with E-state index in [4.69, 9.17) is 0 Å². The van der Waals surface area contributed by atoms with E-state index in [1.165, 1.54) is 36.0 Å². The zero-order chi connectivity index (χ0) is 15.4. The molecule has 0 aromatic carbocycles. The lowest BCUT2D eigenvalue weighted by Gasteiger charge is -2.01. The minimum atomic E-state index is 0. The van der Waals surface area contributed by atoms with Crippen LogP contribution in [0.15, 0.2) is 59.3 Å². The summed E-state index contributed by atoms with van der Waals surface area (Å²) in [4.78, 5) is 0. The van der Waals surface area contributed by atoms with Crippen molar-refractivity contribution in [3.8, 4) is 0 Å². The molecule has 0 aromatic heterocycles. The number of rotatable bonds is 9. The molecule has 0 bridgehead atoms. The first-order valence-electron chi connectivity index (χ1n) is 7.68. The maximum Gasteiger partial charge on any atom is 0 e. The Morgan fingerprint density at radius 3 is 1.86 bits per heavy atom. The molecule has 0 fully saturated rings. The molecule has 0 aliphatic rings. The van der Waals surface area contributed by atoms with Gasteiger partial charge in [-0.15, -0.1) is 0 Å². The molecule has 0 aliphatic carbocycles. The van der Waals surface area contributed by atoms with Crippen LogP contribution in [0.1, 0.15) is 66.7 Å². The van der Waals surface area contributed by atoms with E-state index in [1.54, 1.807) is 0 Å². The first-order chi connectivity index (χ1) is 9.41. The first kappa shape index (κ1) is 22.0. The van der Waals surface area contributed by atoms with Crippen molar-refractivity contribution in [3.63, 3.8) is 0 Å². The highest BCUT2D eigenvalue weighted by Gasteiger charge is 1.91. The van der Waals surface area contributed by atoms with Crippen LogP contribution in [0.2, 0.25) is 0 Å². The molecule has 4 radical (unpaired) electrons. The van der Waals surface area contributed by atoms with Crippen LogP contribution in [0.5, 0.6) is 0 Å². The molecule has 0 nitrogen and oxygen atoms in total. The van der Waals surface area contributed by atoms with Crippen LogP contribution in [0.25, 0.3) is 0 Å². The molecule has 0 rings (SSSR count). The third-order valence-corrected chi connectivity index (χ3v) is 3.13. The summed E-state index contributed by atoms with van der Waals surface area (Å²) in [7, 11) is 0. The Balaban J connectivity index is 0. The number of allylic oxidation sites excluding steroid dienone is 9. The lowest BCUT2D eigenvalue weighted by molar-refractivity contribution is 0.915. The number of hydrogen-bond donors (Lipinski definition) is 0. The third kappa shape index (κ3) is 16.6. The van der Waals surface area contributed by atoms with E-state index in [-0.39, 0.29) is 7.43 Å². The molecule has 0 spiro atoms. The van der Waals surface area contributed by atoms with Gasteiger partial charge in [0.05, 0.1) is 0 Å². The summed E-state index contributed by atoms with van der Waals surface area (Å²) in [5.41, 5.74) is 5.52. The van der Waals surface area contributed by atoms with Gasteiger partial charge in [-0.1, -0.05) is 59.3 Å². The zero-order valence-electron chi connectivity index (χ0n) is 14.6. The molecule has 0 amide bonds. The predicted octanol–water partition coefficient (Wildman–Crippen LogP) is 7.01. The lowest BCUT2D eigenvalue weighted by atomic mass is 10.1. The van der Waals surface area contributed by atoms with E-state index in [0.717, 1.165) is 18.4 Å². The average Bonchev–Trinajstić information content (AvgIpc) is 2.34. The molecule has 0 aromatic rings. The molecule has 0 aliphatic heterocycles. The summed E-state index contributed by atoms with van der Waals surface area (Å²) in [6.07, 6.45) is 17.0. The van der Waals surface area contributed by atoms with Gasteiger partial charge in [0.1, 0.15) is 0 Å². The smallest absolute Gasteiger partial charge is 0 e. The first-order valence-corrected chi connectivity index (χ1v) is 7.68. The van der Waals surface area contributed by atoms with Gasteiger partial charge in [-0.3, -0.25) is 0 Å². The standard InChI is InChI=1S/C20H32.C/c1-17(2)11-7-8-13-19(5)15-10-16-20(6)14-9-12-18(3)4;/h7,11-13,16H,1,8-10,14-15H2,2-6H3;. The summed E-state index contributed by atoms with van der Waals surface area (Å²) in [6, 6.07) is 0. The summed E-state index contributed by atoms with van der Waals surface area (Å²) < 4.78 is 0. The van der Waals surface area contributed by atoms with Gasteiger partial charge in [0.25, 0.3) is 0 Å². The quantitative estimate of drug-likeness (QED) is 0.315. The van der Waals surface area contributed by atoms with Crippen LogP contribution in [0, 0.1) is 7.43 Å². The van der Waals surface area contributed by atoms with Crippen molar-refractivity contribution in [2.24, 2.45) is 0 Å². The monoisotopic (exact) mass is 284 g/mol. The van der Waals surface area contributed by atoms with Crippen molar-refractivity contribution in [2.45, 2.75) is 66.7 Å². The molecule has 21 heavy (non-hydrogen) atoms. The van der Waals surface area contributed by atoms with Gasteiger partial charge in [-0.25, -0.2) is 0 Å². The maximum atomic E-state index is 3.86. The fourth-order valence-electron chi connectivity index (χ4n) is 1.88. The fourth-order valence-corrected chi connectivity index (χ4v) is 1.88. The summed E-state index contributed by atoms with van der Waals surface area (Å²) in [5, 5.41) is 0. The van der Waals surface area contributed by atoms with E-state index in [9.17, 15) is 0 Å². The second-order valence-corrected chi connectivity index (χ2v) is 5.94. The Hall–Kier alpha value is -1.30. The topological polar surface area (TPSA) is 0 Å². The van der Waals surface area contributed by atoms with E-state index >= 15 is 0 Å². The Bertz CT molecular complexity index is 396. The second-order valence-electron chi connectivity index (χ2n) is 5.94. The highest BCUT2D eigenvalue weighted by atomic mass is 14.0. The van der Waals surface area contributed by atoms with Gasteiger partial charge < -0.3 is 0 Å². The van der Waals surface area contributed by atoms with Crippen LogP contribution in [-0.4, -0.2) is 0 Å². The Labute approximate surface area is 134 Å². The van der Waals surface area contributed by atoms with Crippen molar-refractivity contribution in [1.82, 2.24) is 0 Å². The fraction of sp³-hybridized carbons (Fsp3) is 0.476. The van der Waals surface area contributed by atoms with Gasteiger partial charge >= 0.3 is 0 Å². The molecule has 0 unspecified atom stereocenters. The molecule has 0 saturated carbocycles. The van der Waals surface area contributed by atoms with E-state index in [2.05, 4.69) is 64.7 Å². The Morgan fingerprint density at radius 1 is 0.810 bits per heavy atom. The summed E-state index contributed by atoms with van der Waals surface area (Å²) in [5.74, 6) is 0. The second kappa shape index (κ2) is 13.7. The third-order valence-electron chi connectivity index (χ3n) is 3.13. The minimum absolute atomic E-state index is 0. The summed E-state index contributed by atoms with van der Waals surface area (Å²) >= 11 is 0. The van der Waals surface area contributed by atoms with Crippen LogP contribution >= 0.6 is 0 Å². The molecule has 0 atom stereocenters. The largest absolute Gasteiger partial charge is 0.0961 e. The highest BCUT2D eigenvalue weighted by Crippen LogP contribution is 2.11. The van der Waals surface area contributed by atoms with Crippen molar-refractivity contribution < 1.29 is 0 Å². The van der Waals surface area contributed by atoms with Crippen LogP contribution in [0.4, 0.5) is 0 Å². The maximum absolute atomic E-state index is 3.86. The molecule has 0 heterocycles. The summed E-state index contributed by atoms with van der Waals surface area (Å²) in [6.45, 7) is 14.7. The van der Waals surface area contributed by atoms with Crippen molar-refractivity contribution in [1.29, 1.82) is 0 Å².